The van der Waals surface area contributed by atoms with E-state index in [2.05, 4.69) is 39.5 Å². The average molecular weight is 559 g/mol. The van der Waals surface area contributed by atoms with Crippen LogP contribution < -0.4 is 5.73 Å². The van der Waals surface area contributed by atoms with Gasteiger partial charge in [0.25, 0.3) is 0 Å². The van der Waals surface area contributed by atoms with E-state index in [1.54, 1.807) is 0 Å². The van der Waals surface area contributed by atoms with Gasteiger partial charge >= 0.3 is 0 Å². The number of hydrogen-bond donors (Lipinski definition) is 1. The molecule has 2 N–H and O–H groups in total. The van der Waals surface area contributed by atoms with E-state index in [-0.39, 0.29) is 0 Å². The van der Waals surface area contributed by atoms with Gasteiger partial charge < -0.3 is 15.4 Å². The first-order chi connectivity index (χ1) is 19.4. The summed E-state index contributed by atoms with van der Waals surface area (Å²) in [6, 6.07) is 0. The number of fused-ring (bicyclic) bond motifs is 5. The maximum Gasteiger partial charge on any atom is 0.0611 e. The van der Waals surface area contributed by atoms with E-state index in [1.807, 2.05) is 0 Å². The molecule has 3 nitrogen and oxygen atoms in total. The second kappa shape index (κ2) is 15.6. The maximum atomic E-state index is 6.82. The monoisotopic (exact) mass is 559 g/mol. The van der Waals surface area contributed by atoms with Gasteiger partial charge in [0.2, 0.25) is 0 Å². The summed E-state index contributed by atoms with van der Waals surface area (Å²) in [4.78, 5) is 2.81. The molecule has 4 aliphatic carbocycles. The predicted molar refractivity (Wildman–Crippen MR) is 173 cm³/mol. The molecule has 0 bridgehead atoms. The Hall–Kier alpha value is -0.120. The molecule has 8 unspecified atom stereocenters. The van der Waals surface area contributed by atoms with Crippen LogP contribution >= 0.6 is 0 Å². The lowest BCUT2D eigenvalue weighted by molar-refractivity contribution is -0.180. The summed E-state index contributed by atoms with van der Waals surface area (Å²) in [5.74, 6) is 5.22. The molecule has 0 heterocycles. The van der Waals surface area contributed by atoms with Crippen molar-refractivity contribution in [2.24, 2.45) is 52.1 Å². The van der Waals surface area contributed by atoms with Crippen molar-refractivity contribution < 1.29 is 4.74 Å². The summed E-state index contributed by atoms with van der Waals surface area (Å²) >= 11 is 0. The molecule has 0 radical (unpaired) electrons. The smallest absolute Gasteiger partial charge is 0.0611 e. The zero-order chi connectivity index (χ0) is 28.6. The van der Waals surface area contributed by atoms with Crippen molar-refractivity contribution in [3.63, 3.8) is 0 Å². The van der Waals surface area contributed by atoms with Gasteiger partial charge in [0.1, 0.15) is 0 Å². The Kier molecular flexibility index (Phi) is 12.8. The highest BCUT2D eigenvalue weighted by Crippen LogP contribution is 2.68. The molecule has 40 heavy (non-hydrogen) atoms. The summed E-state index contributed by atoms with van der Waals surface area (Å²) in [5, 5.41) is 0. The zero-order valence-corrected chi connectivity index (χ0v) is 27.7. The van der Waals surface area contributed by atoms with Crippen LogP contribution in [0.5, 0.6) is 0 Å². The van der Waals surface area contributed by atoms with Crippen molar-refractivity contribution in [2.45, 2.75) is 156 Å². The highest BCUT2D eigenvalue weighted by Gasteiger charge is 2.62. The molecule has 9 atom stereocenters. The van der Waals surface area contributed by atoms with Gasteiger partial charge in [0.15, 0.2) is 0 Å². The molecule has 4 saturated carbocycles. The van der Waals surface area contributed by atoms with Crippen LogP contribution in [-0.2, 0) is 4.74 Å². The topological polar surface area (TPSA) is 38.5 Å². The number of nitrogens with zero attached hydrogens (tertiary/aromatic N) is 1. The molecule has 0 amide bonds. The minimum absolute atomic E-state index is 0.492. The van der Waals surface area contributed by atoms with Crippen LogP contribution in [0, 0.1) is 46.3 Å². The molecular formula is C37H70N2O. The Labute approximate surface area is 250 Å². The third-order valence-electron chi connectivity index (χ3n) is 13.3. The van der Waals surface area contributed by atoms with Gasteiger partial charge in [-0.25, -0.2) is 0 Å². The van der Waals surface area contributed by atoms with E-state index >= 15 is 0 Å². The summed E-state index contributed by atoms with van der Waals surface area (Å²) in [6.07, 6.45) is 25.6. The number of rotatable bonds is 17. The minimum Gasteiger partial charge on any atom is -0.378 e. The van der Waals surface area contributed by atoms with Crippen molar-refractivity contribution in [1.29, 1.82) is 0 Å². The van der Waals surface area contributed by atoms with Crippen LogP contribution in [0.15, 0.2) is 0 Å². The second-order valence-corrected chi connectivity index (χ2v) is 15.6. The van der Waals surface area contributed by atoms with E-state index in [0.717, 1.165) is 55.1 Å². The first-order valence-electron chi connectivity index (χ1n) is 18.4. The van der Waals surface area contributed by atoms with Crippen LogP contribution in [0.2, 0.25) is 0 Å². The van der Waals surface area contributed by atoms with Crippen LogP contribution in [0.3, 0.4) is 0 Å². The highest BCUT2D eigenvalue weighted by molar-refractivity contribution is 5.11. The van der Waals surface area contributed by atoms with Gasteiger partial charge in [0, 0.05) is 6.61 Å². The maximum absolute atomic E-state index is 6.82. The quantitative estimate of drug-likeness (QED) is 0.181. The van der Waals surface area contributed by atoms with E-state index < -0.39 is 0 Å². The fraction of sp³-hybridized carbons (Fsp3) is 1.00. The summed E-state index contributed by atoms with van der Waals surface area (Å²) in [6.45, 7) is 18.4. The van der Waals surface area contributed by atoms with Gasteiger partial charge in [-0.1, -0.05) is 73.1 Å². The third kappa shape index (κ3) is 7.32. The Morgan fingerprint density at radius 2 is 1.50 bits per heavy atom. The Balaban J connectivity index is 1.39. The lowest BCUT2D eigenvalue weighted by Crippen LogP contribution is -2.58. The molecule has 0 aromatic carbocycles. The SMILES string of the molecule is CCCCCN(CCCCC)CCC[C@@H](C)C1CCC2C3C(OCCCN)CC4CCCCC4(C)C3CCC21C. The molecule has 0 aromatic rings. The van der Waals surface area contributed by atoms with Crippen molar-refractivity contribution >= 4 is 0 Å². The number of hydrogen-bond acceptors (Lipinski definition) is 3. The fourth-order valence-electron chi connectivity index (χ4n) is 11.0. The van der Waals surface area contributed by atoms with Crippen LogP contribution in [-0.4, -0.2) is 43.8 Å². The lowest BCUT2D eigenvalue weighted by Gasteiger charge is -2.62. The van der Waals surface area contributed by atoms with E-state index in [1.165, 1.54) is 129 Å². The van der Waals surface area contributed by atoms with E-state index in [9.17, 15) is 0 Å². The largest absolute Gasteiger partial charge is 0.378 e. The average Bonchev–Trinajstić information content (AvgIpc) is 3.30. The van der Waals surface area contributed by atoms with E-state index in [4.69, 9.17) is 10.5 Å². The zero-order valence-electron chi connectivity index (χ0n) is 27.7. The molecular weight excluding hydrogens is 488 g/mol. The molecule has 0 aliphatic heterocycles. The minimum atomic E-state index is 0.492. The van der Waals surface area contributed by atoms with E-state index in [0.29, 0.717) is 16.9 Å². The second-order valence-electron chi connectivity index (χ2n) is 15.6. The van der Waals surface area contributed by atoms with Crippen molar-refractivity contribution in [3.05, 3.63) is 0 Å². The highest BCUT2D eigenvalue weighted by atomic mass is 16.5. The normalized spacial score (nSPS) is 38.2. The van der Waals surface area contributed by atoms with Gasteiger partial charge in [-0.15, -0.1) is 0 Å². The molecule has 0 spiro atoms. The number of unbranched alkanes of at least 4 members (excludes halogenated alkanes) is 4. The van der Waals surface area contributed by atoms with Crippen LogP contribution in [0.1, 0.15) is 150 Å². The Morgan fingerprint density at radius 1 is 0.800 bits per heavy atom. The molecule has 234 valence electrons. The van der Waals surface area contributed by atoms with Gasteiger partial charge in [-0.2, -0.15) is 0 Å². The Morgan fingerprint density at radius 3 is 2.20 bits per heavy atom. The predicted octanol–water partition coefficient (Wildman–Crippen LogP) is 9.48. The number of ether oxygens (including phenoxy) is 1. The first kappa shape index (κ1) is 32.8. The van der Waals surface area contributed by atoms with Crippen LogP contribution in [0.4, 0.5) is 0 Å². The lowest BCUT2D eigenvalue weighted by atomic mass is 9.44. The molecule has 0 saturated heterocycles. The van der Waals surface area contributed by atoms with Gasteiger partial charge in [-0.05, 0) is 150 Å². The Bertz CT molecular complexity index is 717. The first-order valence-corrected chi connectivity index (χ1v) is 18.4. The summed E-state index contributed by atoms with van der Waals surface area (Å²) in [7, 11) is 0. The molecule has 4 aliphatic rings. The molecule has 4 rings (SSSR count). The van der Waals surface area contributed by atoms with Crippen molar-refractivity contribution in [1.82, 2.24) is 4.90 Å². The number of nitrogens with two attached hydrogens (primary N) is 1. The fourth-order valence-corrected chi connectivity index (χ4v) is 11.0. The standard InChI is InChI=1S/C37H70N2O/c1-6-8-12-24-39(25-13-9-7-2)26-14-16-29(3)31-18-19-32-35-33(20-22-37(31,32)5)36(4)21-11-10-17-30(36)28-34(35)40-27-15-23-38/h29-35H,6-28,38H2,1-5H3/t29-,30?,31?,32?,33?,34?,35?,36?,37?/m1/s1. The van der Waals surface area contributed by atoms with Crippen molar-refractivity contribution in [2.75, 3.05) is 32.8 Å². The molecule has 3 heteroatoms. The van der Waals surface area contributed by atoms with Gasteiger partial charge in [0.05, 0.1) is 6.10 Å². The van der Waals surface area contributed by atoms with Gasteiger partial charge in [-0.3, -0.25) is 0 Å². The third-order valence-corrected chi connectivity index (χ3v) is 13.3. The summed E-state index contributed by atoms with van der Waals surface area (Å²) in [5.41, 5.74) is 6.99. The molecule has 4 fully saturated rings. The molecule has 0 aromatic heterocycles. The van der Waals surface area contributed by atoms with Crippen LogP contribution in [0.25, 0.3) is 0 Å². The summed E-state index contributed by atoms with van der Waals surface area (Å²) < 4.78 is 6.82. The van der Waals surface area contributed by atoms with Crippen molar-refractivity contribution in [3.8, 4) is 0 Å².